The molecule has 0 aromatic carbocycles. The average molecular weight is 384 g/mol. The average Bonchev–Trinajstić information content (AvgIpc) is 3.14. The zero-order chi connectivity index (χ0) is 19.5. The Labute approximate surface area is 161 Å². The van der Waals surface area contributed by atoms with E-state index < -0.39 is 5.82 Å². The second-order valence-corrected chi connectivity index (χ2v) is 6.60. The number of nitrogen functional groups attached to an aromatic ring is 1. The van der Waals surface area contributed by atoms with Crippen LogP contribution in [-0.4, -0.2) is 64.8 Å². The number of nitrogens with one attached hydrogen (secondary N) is 1. The summed E-state index contributed by atoms with van der Waals surface area (Å²) < 4.78 is 20.9. The number of anilines is 1. The highest BCUT2D eigenvalue weighted by atomic mass is 19.1. The van der Waals surface area contributed by atoms with Gasteiger partial charge in [0, 0.05) is 49.7 Å². The molecule has 1 fully saturated rings. The summed E-state index contributed by atoms with van der Waals surface area (Å²) in [6, 6.07) is 3.30. The van der Waals surface area contributed by atoms with Crippen LogP contribution in [-0.2, 0) is 4.74 Å². The highest BCUT2D eigenvalue weighted by Gasteiger charge is 2.17. The number of rotatable bonds is 5. The van der Waals surface area contributed by atoms with Crippen molar-refractivity contribution in [1.29, 1.82) is 0 Å². The zero-order valence-corrected chi connectivity index (χ0v) is 15.3. The molecule has 8 nitrogen and oxygen atoms in total. The number of morpholine rings is 1. The molecule has 1 aliphatic rings. The highest BCUT2D eigenvalue weighted by Crippen LogP contribution is 2.27. The topological polar surface area (TPSA) is 97.8 Å². The molecular formula is C19H21FN6O2. The van der Waals surface area contributed by atoms with Crippen molar-refractivity contribution in [3.8, 4) is 11.1 Å². The van der Waals surface area contributed by atoms with E-state index in [-0.39, 0.29) is 5.91 Å². The van der Waals surface area contributed by atoms with Crippen LogP contribution in [0.15, 0.2) is 36.9 Å². The number of carbonyl (C=O) groups excluding carboxylic acids is 1. The lowest BCUT2D eigenvalue weighted by Gasteiger charge is -2.26. The summed E-state index contributed by atoms with van der Waals surface area (Å²) >= 11 is 0. The number of ether oxygens (including phenoxy) is 1. The summed E-state index contributed by atoms with van der Waals surface area (Å²) in [5, 5.41) is 7.13. The van der Waals surface area contributed by atoms with Gasteiger partial charge in [-0.05, 0) is 12.1 Å². The first-order valence-electron chi connectivity index (χ1n) is 9.08. The van der Waals surface area contributed by atoms with Crippen LogP contribution < -0.4 is 11.1 Å². The van der Waals surface area contributed by atoms with Gasteiger partial charge in [0.1, 0.15) is 5.82 Å². The molecule has 4 heterocycles. The van der Waals surface area contributed by atoms with Crippen LogP contribution in [0.25, 0.3) is 16.6 Å². The van der Waals surface area contributed by atoms with Crippen molar-refractivity contribution >= 4 is 17.1 Å². The third-order valence-corrected chi connectivity index (χ3v) is 4.82. The molecule has 1 saturated heterocycles. The van der Waals surface area contributed by atoms with Crippen LogP contribution in [0.3, 0.4) is 0 Å². The van der Waals surface area contributed by atoms with Crippen molar-refractivity contribution in [2.75, 3.05) is 45.1 Å². The first-order chi connectivity index (χ1) is 13.6. The second-order valence-electron chi connectivity index (χ2n) is 6.60. The van der Waals surface area contributed by atoms with Crippen molar-refractivity contribution in [2.45, 2.75) is 0 Å². The zero-order valence-electron chi connectivity index (χ0n) is 15.3. The van der Waals surface area contributed by atoms with Gasteiger partial charge < -0.3 is 15.8 Å². The molecule has 146 valence electrons. The van der Waals surface area contributed by atoms with Gasteiger partial charge in [0.05, 0.1) is 42.4 Å². The molecule has 0 spiro atoms. The molecule has 4 rings (SSSR count). The normalized spacial score (nSPS) is 15.0. The van der Waals surface area contributed by atoms with Gasteiger partial charge in [-0.3, -0.25) is 14.7 Å². The first-order valence-corrected chi connectivity index (χ1v) is 9.08. The minimum Gasteiger partial charge on any atom is -0.396 e. The van der Waals surface area contributed by atoms with Gasteiger partial charge in [-0.15, -0.1) is 0 Å². The molecule has 0 unspecified atom stereocenters. The van der Waals surface area contributed by atoms with E-state index in [1.54, 1.807) is 18.3 Å². The monoisotopic (exact) mass is 384 g/mol. The summed E-state index contributed by atoms with van der Waals surface area (Å²) in [6.45, 7) is 4.43. The first kappa shape index (κ1) is 18.3. The van der Waals surface area contributed by atoms with E-state index in [9.17, 15) is 9.18 Å². The SMILES string of the molecule is Nc1c(C(=O)NCCN2CCOCC2)cnn2cc(-c3ccncc3F)cc12. The summed E-state index contributed by atoms with van der Waals surface area (Å²) in [5.74, 6) is -0.711. The van der Waals surface area contributed by atoms with E-state index >= 15 is 0 Å². The van der Waals surface area contributed by atoms with E-state index in [0.717, 1.165) is 39.0 Å². The molecule has 1 amide bonds. The lowest BCUT2D eigenvalue weighted by Crippen LogP contribution is -2.41. The Bertz CT molecular complexity index is 999. The molecule has 28 heavy (non-hydrogen) atoms. The standard InChI is InChI=1S/C19H21FN6O2/c20-16-11-22-2-1-14(16)13-9-17-18(21)15(10-24-26(17)12-13)19(27)23-3-4-25-5-7-28-8-6-25/h1-2,9-12H,3-8,21H2,(H,23,27). The maximum atomic E-state index is 14.0. The Kier molecular flexibility index (Phi) is 5.18. The maximum Gasteiger partial charge on any atom is 0.255 e. The van der Waals surface area contributed by atoms with Gasteiger partial charge in [-0.25, -0.2) is 8.91 Å². The third kappa shape index (κ3) is 3.67. The molecule has 0 radical (unpaired) electrons. The van der Waals surface area contributed by atoms with E-state index in [1.165, 1.54) is 16.9 Å². The fraction of sp³-hybridized carbons (Fsp3) is 0.316. The number of aromatic nitrogens is 3. The molecule has 0 aliphatic carbocycles. The summed E-state index contributed by atoms with van der Waals surface area (Å²) in [6.07, 6.45) is 5.77. The molecule has 3 aromatic rings. The van der Waals surface area contributed by atoms with E-state index in [2.05, 4.69) is 20.3 Å². The van der Waals surface area contributed by atoms with Gasteiger partial charge >= 0.3 is 0 Å². The molecule has 3 aromatic heterocycles. The van der Waals surface area contributed by atoms with Crippen LogP contribution in [0, 0.1) is 5.82 Å². The van der Waals surface area contributed by atoms with Gasteiger partial charge in [0.15, 0.2) is 0 Å². The lowest BCUT2D eigenvalue weighted by atomic mass is 10.1. The molecule has 0 atom stereocenters. The Morgan fingerprint density at radius 2 is 2.14 bits per heavy atom. The Hall–Kier alpha value is -3.04. The Morgan fingerprint density at radius 1 is 1.32 bits per heavy atom. The van der Waals surface area contributed by atoms with Crippen LogP contribution >= 0.6 is 0 Å². The van der Waals surface area contributed by atoms with Crippen molar-refractivity contribution in [3.05, 3.63) is 48.3 Å². The highest BCUT2D eigenvalue weighted by molar-refractivity contribution is 6.02. The number of halogens is 1. The van der Waals surface area contributed by atoms with Gasteiger partial charge in [0.2, 0.25) is 0 Å². The second kappa shape index (κ2) is 7.91. The van der Waals surface area contributed by atoms with E-state index in [0.29, 0.717) is 34.4 Å². The minimum absolute atomic E-state index is 0.279. The van der Waals surface area contributed by atoms with Gasteiger partial charge in [0.25, 0.3) is 5.91 Å². The predicted octanol–water partition coefficient (Wildman–Crippen LogP) is 1.18. The molecule has 3 N–H and O–H groups in total. The predicted molar refractivity (Wildman–Crippen MR) is 102 cm³/mol. The van der Waals surface area contributed by atoms with E-state index in [1.807, 2.05) is 0 Å². The quantitative estimate of drug-likeness (QED) is 0.686. The molecule has 0 bridgehead atoms. The van der Waals surface area contributed by atoms with Crippen molar-refractivity contribution in [3.63, 3.8) is 0 Å². The van der Waals surface area contributed by atoms with Crippen LogP contribution in [0.5, 0.6) is 0 Å². The number of carbonyl (C=O) groups is 1. The van der Waals surface area contributed by atoms with Gasteiger partial charge in [-0.2, -0.15) is 5.10 Å². The molecular weight excluding hydrogens is 363 g/mol. The van der Waals surface area contributed by atoms with Crippen LogP contribution in [0.2, 0.25) is 0 Å². The van der Waals surface area contributed by atoms with Gasteiger partial charge in [-0.1, -0.05) is 0 Å². The largest absolute Gasteiger partial charge is 0.396 e. The Balaban J connectivity index is 1.51. The van der Waals surface area contributed by atoms with Crippen molar-refractivity contribution < 1.29 is 13.9 Å². The number of pyridine rings is 1. The summed E-state index contributed by atoms with van der Waals surface area (Å²) in [5.41, 5.74) is 8.38. The summed E-state index contributed by atoms with van der Waals surface area (Å²) in [4.78, 5) is 18.5. The molecule has 0 saturated carbocycles. The summed E-state index contributed by atoms with van der Waals surface area (Å²) in [7, 11) is 0. The van der Waals surface area contributed by atoms with Crippen molar-refractivity contribution in [2.24, 2.45) is 0 Å². The number of nitrogens with two attached hydrogens (primary N) is 1. The number of nitrogens with zero attached hydrogens (tertiary/aromatic N) is 4. The van der Waals surface area contributed by atoms with Crippen LogP contribution in [0.4, 0.5) is 10.1 Å². The number of amides is 1. The minimum atomic E-state index is -0.432. The lowest BCUT2D eigenvalue weighted by molar-refractivity contribution is 0.0383. The third-order valence-electron chi connectivity index (χ3n) is 4.82. The van der Waals surface area contributed by atoms with E-state index in [4.69, 9.17) is 10.5 Å². The molecule has 1 aliphatic heterocycles. The van der Waals surface area contributed by atoms with Crippen molar-refractivity contribution in [1.82, 2.24) is 24.8 Å². The number of hydrogen-bond acceptors (Lipinski definition) is 6. The number of hydrogen-bond donors (Lipinski definition) is 2. The van der Waals surface area contributed by atoms with Crippen LogP contribution in [0.1, 0.15) is 10.4 Å². The fourth-order valence-electron chi connectivity index (χ4n) is 3.26. The smallest absolute Gasteiger partial charge is 0.255 e. The maximum absolute atomic E-state index is 14.0. The fourth-order valence-corrected chi connectivity index (χ4v) is 3.26. The molecule has 9 heteroatoms. The number of fused-ring (bicyclic) bond motifs is 1. The Morgan fingerprint density at radius 3 is 2.93 bits per heavy atom.